The highest BCUT2D eigenvalue weighted by Gasteiger charge is 2.28. The Morgan fingerprint density at radius 3 is 1.00 bits per heavy atom. The molecule has 6 heteroatoms. The Labute approximate surface area is 299 Å². The van der Waals surface area contributed by atoms with Crippen molar-refractivity contribution < 1.29 is 25.2 Å². The smallest absolute Gasteiger partial charge is 0.249 e. The topological polar surface area (TPSA) is 110 Å². The lowest BCUT2D eigenvalue weighted by Crippen LogP contribution is -2.53. The Morgan fingerprint density at radius 2 is 0.708 bits per heavy atom. The van der Waals surface area contributed by atoms with Gasteiger partial charge in [-0.3, -0.25) is 4.79 Å². The molecule has 0 aromatic heterocycles. The number of carbonyl (C=O) groups excluding carboxylic acids is 1. The minimum Gasteiger partial charge on any atom is -0.394 e. The Bertz CT molecular complexity index is 648. The summed E-state index contributed by atoms with van der Waals surface area (Å²) in [4.78, 5) is 12.5. The fourth-order valence-electron chi connectivity index (χ4n) is 6.88. The summed E-state index contributed by atoms with van der Waals surface area (Å²) in [5, 5.41) is 43.6. The second-order valence-electron chi connectivity index (χ2n) is 15.1. The third-order valence-corrected chi connectivity index (χ3v) is 10.3. The van der Waals surface area contributed by atoms with Crippen LogP contribution in [0.15, 0.2) is 0 Å². The standard InChI is InChI=1S/C42H85NO5/c1-3-5-7-9-11-13-15-17-19-20-21-22-24-26-28-30-32-34-36-40(46)42(48)43-38(37-44)41(47)39(45)35-33-31-29-27-25-23-18-16-14-12-10-8-6-4-2/h38-41,44-47H,3-37H2,1-2H3,(H,43,48). The molecule has 0 saturated carbocycles. The van der Waals surface area contributed by atoms with E-state index in [1.54, 1.807) is 0 Å². The molecular weight excluding hydrogens is 598 g/mol. The minimum atomic E-state index is -1.25. The molecular formula is C42H85NO5. The molecule has 0 aromatic carbocycles. The van der Waals surface area contributed by atoms with Gasteiger partial charge in [-0.2, -0.15) is 0 Å². The zero-order valence-electron chi connectivity index (χ0n) is 32.3. The third-order valence-electron chi connectivity index (χ3n) is 10.3. The summed E-state index contributed by atoms with van der Waals surface area (Å²) in [5.41, 5.74) is 0. The molecule has 1 amide bonds. The first-order chi connectivity index (χ1) is 23.5. The number of amides is 1. The summed E-state index contributed by atoms with van der Waals surface area (Å²) in [5.74, 6) is -0.580. The molecule has 0 saturated heterocycles. The summed E-state index contributed by atoms with van der Waals surface area (Å²) in [7, 11) is 0. The molecule has 0 spiro atoms. The summed E-state index contributed by atoms with van der Waals surface area (Å²) >= 11 is 0. The Hall–Kier alpha value is -0.690. The highest BCUT2D eigenvalue weighted by Crippen LogP contribution is 2.17. The highest BCUT2D eigenvalue weighted by atomic mass is 16.3. The molecule has 4 atom stereocenters. The van der Waals surface area contributed by atoms with Crippen LogP contribution >= 0.6 is 0 Å². The zero-order chi connectivity index (χ0) is 35.3. The molecule has 48 heavy (non-hydrogen) atoms. The van der Waals surface area contributed by atoms with Gasteiger partial charge in [-0.05, 0) is 12.8 Å². The van der Waals surface area contributed by atoms with E-state index in [1.807, 2.05) is 0 Å². The molecule has 0 radical (unpaired) electrons. The van der Waals surface area contributed by atoms with Gasteiger partial charge in [-0.1, -0.05) is 219 Å². The lowest BCUT2D eigenvalue weighted by molar-refractivity contribution is -0.132. The molecule has 4 unspecified atom stereocenters. The van der Waals surface area contributed by atoms with E-state index in [0.717, 1.165) is 38.5 Å². The van der Waals surface area contributed by atoms with Crippen LogP contribution in [-0.4, -0.2) is 57.3 Å². The Kier molecular flexibility index (Phi) is 37.0. The van der Waals surface area contributed by atoms with Crippen LogP contribution in [0.25, 0.3) is 0 Å². The molecule has 288 valence electrons. The van der Waals surface area contributed by atoms with Crippen molar-refractivity contribution in [3.63, 3.8) is 0 Å². The fourth-order valence-corrected chi connectivity index (χ4v) is 6.88. The lowest BCUT2D eigenvalue weighted by atomic mass is 9.99. The predicted molar refractivity (Wildman–Crippen MR) is 205 cm³/mol. The Balaban J connectivity index is 3.71. The molecule has 6 nitrogen and oxygen atoms in total. The predicted octanol–water partition coefficient (Wildman–Crippen LogP) is 10.8. The van der Waals surface area contributed by atoms with Gasteiger partial charge in [0.15, 0.2) is 0 Å². The monoisotopic (exact) mass is 684 g/mol. The third kappa shape index (κ3) is 31.3. The maximum Gasteiger partial charge on any atom is 0.249 e. The van der Waals surface area contributed by atoms with Crippen molar-refractivity contribution in [3.05, 3.63) is 0 Å². The van der Waals surface area contributed by atoms with Crippen molar-refractivity contribution in [1.29, 1.82) is 0 Å². The van der Waals surface area contributed by atoms with Gasteiger partial charge >= 0.3 is 0 Å². The van der Waals surface area contributed by atoms with Crippen LogP contribution in [-0.2, 0) is 4.79 Å². The molecule has 5 N–H and O–H groups in total. The number of aliphatic hydroxyl groups is 4. The molecule has 0 aliphatic heterocycles. The van der Waals surface area contributed by atoms with Crippen molar-refractivity contribution in [2.45, 2.75) is 257 Å². The Morgan fingerprint density at radius 1 is 0.438 bits per heavy atom. The summed E-state index contributed by atoms with van der Waals surface area (Å²) in [6, 6.07) is -0.978. The second kappa shape index (κ2) is 37.6. The highest BCUT2D eigenvalue weighted by molar-refractivity contribution is 5.80. The number of hydrogen-bond donors (Lipinski definition) is 5. The van der Waals surface area contributed by atoms with Crippen molar-refractivity contribution in [3.8, 4) is 0 Å². The van der Waals surface area contributed by atoms with Gasteiger partial charge < -0.3 is 25.7 Å². The number of aliphatic hydroxyl groups excluding tert-OH is 4. The molecule has 0 rings (SSSR count). The van der Waals surface area contributed by atoms with Gasteiger partial charge in [0.05, 0.1) is 18.8 Å². The normalized spacial score (nSPS) is 14.2. The van der Waals surface area contributed by atoms with E-state index in [1.165, 1.54) is 167 Å². The van der Waals surface area contributed by atoms with Crippen molar-refractivity contribution in [1.82, 2.24) is 5.32 Å². The van der Waals surface area contributed by atoms with E-state index < -0.39 is 36.9 Å². The van der Waals surface area contributed by atoms with Crippen LogP contribution in [0, 0.1) is 0 Å². The van der Waals surface area contributed by atoms with Crippen LogP contribution in [0.1, 0.15) is 232 Å². The first-order valence-electron chi connectivity index (χ1n) is 21.4. The fraction of sp³-hybridized carbons (Fsp3) is 0.976. The van der Waals surface area contributed by atoms with E-state index >= 15 is 0 Å². The molecule has 0 aromatic rings. The maximum absolute atomic E-state index is 12.5. The van der Waals surface area contributed by atoms with E-state index in [0.29, 0.717) is 12.8 Å². The SMILES string of the molecule is CCCCCCCCCCCCCCCCCCCCC(O)C(=O)NC(CO)C(O)C(O)CCCCCCCCCCCCCCCC. The van der Waals surface area contributed by atoms with Crippen LogP contribution < -0.4 is 5.32 Å². The second-order valence-corrected chi connectivity index (χ2v) is 15.1. The molecule has 0 aliphatic rings. The molecule has 0 heterocycles. The van der Waals surface area contributed by atoms with Crippen molar-refractivity contribution in [2.24, 2.45) is 0 Å². The minimum absolute atomic E-state index is 0.375. The number of nitrogens with one attached hydrogen (secondary N) is 1. The average molecular weight is 684 g/mol. The quantitative estimate of drug-likeness (QED) is 0.0414. The van der Waals surface area contributed by atoms with Gasteiger partial charge in [0.2, 0.25) is 5.91 Å². The first-order valence-corrected chi connectivity index (χ1v) is 21.4. The summed E-state index contributed by atoms with van der Waals surface area (Å²) in [6.07, 6.45) is 38.4. The van der Waals surface area contributed by atoms with E-state index in [4.69, 9.17) is 0 Å². The largest absolute Gasteiger partial charge is 0.394 e. The van der Waals surface area contributed by atoms with Crippen LogP contribution in [0.5, 0.6) is 0 Å². The van der Waals surface area contributed by atoms with Gasteiger partial charge in [0.1, 0.15) is 12.2 Å². The van der Waals surface area contributed by atoms with E-state index in [-0.39, 0.29) is 0 Å². The first kappa shape index (κ1) is 47.3. The number of carbonyl (C=O) groups is 1. The van der Waals surface area contributed by atoms with Gasteiger partial charge in [-0.15, -0.1) is 0 Å². The van der Waals surface area contributed by atoms with E-state index in [2.05, 4.69) is 19.2 Å². The molecule has 0 bridgehead atoms. The summed E-state index contributed by atoms with van der Waals surface area (Å²) in [6.45, 7) is 4.06. The van der Waals surface area contributed by atoms with Gasteiger partial charge in [-0.25, -0.2) is 0 Å². The van der Waals surface area contributed by atoms with Crippen molar-refractivity contribution in [2.75, 3.05) is 6.61 Å². The lowest BCUT2D eigenvalue weighted by Gasteiger charge is -2.27. The van der Waals surface area contributed by atoms with Gasteiger partial charge in [0.25, 0.3) is 0 Å². The average Bonchev–Trinajstić information content (AvgIpc) is 3.09. The molecule has 0 fully saturated rings. The number of rotatable bonds is 39. The van der Waals surface area contributed by atoms with Crippen LogP contribution in [0.2, 0.25) is 0 Å². The zero-order valence-corrected chi connectivity index (χ0v) is 32.3. The van der Waals surface area contributed by atoms with Crippen LogP contribution in [0.4, 0.5) is 0 Å². The number of unbranched alkanes of at least 4 members (excludes halogenated alkanes) is 30. The molecule has 0 aliphatic carbocycles. The maximum atomic E-state index is 12.5. The van der Waals surface area contributed by atoms with Crippen LogP contribution in [0.3, 0.4) is 0 Å². The summed E-state index contributed by atoms with van der Waals surface area (Å²) < 4.78 is 0. The number of hydrogen-bond acceptors (Lipinski definition) is 5. The van der Waals surface area contributed by atoms with Crippen molar-refractivity contribution >= 4 is 5.91 Å². The van der Waals surface area contributed by atoms with Gasteiger partial charge in [0, 0.05) is 0 Å². The van der Waals surface area contributed by atoms with E-state index in [9.17, 15) is 25.2 Å².